The predicted octanol–water partition coefficient (Wildman–Crippen LogP) is 4.49. The van der Waals surface area contributed by atoms with E-state index in [9.17, 15) is 0 Å². The lowest BCUT2D eigenvalue weighted by Crippen LogP contribution is -2.31. The fourth-order valence-electron chi connectivity index (χ4n) is 4.65. The van der Waals surface area contributed by atoms with Crippen molar-refractivity contribution < 1.29 is 9.47 Å². The van der Waals surface area contributed by atoms with Crippen LogP contribution in [-0.4, -0.2) is 30.7 Å². The number of rotatable bonds is 8. The average Bonchev–Trinajstić information content (AvgIpc) is 3.37. The summed E-state index contributed by atoms with van der Waals surface area (Å²) in [5.74, 6) is 0.852. The van der Waals surface area contributed by atoms with Crippen LogP contribution in [0.4, 0.5) is 5.69 Å². The van der Waals surface area contributed by atoms with Crippen molar-refractivity contribution in [2.45, 2.75) is 45.1 Å². The molecule has 0 spiro atoms. The molecule has 2 aliphatic heterocycles. The Hall–Kier alpha value is -2.89. The van der Waals surface area contributed by atoms with E-state index < -0.39 is 0 Å². The highest BCUT2D eigenvalue weighted by Gasteiger charge is 2.20. The first-order valence-electron chi connectivity index (χ1n) is 11.6. The highest BCUT2D eigenvalue weighted by molar-refractivity contribution is 5.52. The summed E-state index contributed by atoms with van der Waals surface area (Å²) in [4.78, 5) is 6.83. The Kier molecular flexibility index (Phi) is 6.66. The minimum Gasteiger partial charge on any atom is -0.490 e. The van der Waals surface area contributed by atoms with Crippen molar-refractivity contribution in [1.82, 2.24) is 10.3 Å². The zero-order valence-electron chi connectivity index (χ0n) is 18.5. The minimum atomic E-state index is 0.461. The van der Waals surface area contributed by atoms with Crippen LogP contribution in [0.1, 0.15) is 35.1 Å². The third-order valence-electron chi connectivity index (χ3n) is 6.41. The molecule has 1 atom stereocenters. The molecule has 2 aromatic carbocycles. The standard InChI is InChI=1S/C27H31N3O2/c1-2-6-21(7-3-1)18-31-19-23-9-4-8-22-17-30(13-11-27(22)23)25-14-26(16-28-15-25)32-20-24-10-5-12-29-24/h1-4,6-9,14-16,24,29H,5,10-13,17-20H2/t24-/m0/s1. The molecule has 0 bridgehead atoms. The highest BCUT2D eigenvalue weighted by atomic mass is 16.5. The second kappa shape index (κ2) is 10.2. The Bertz CT molecular complexity index is 1020. The van der Waals surface area contributed by atoms with Gasteiger partial charge in [0, 0.05) is 25.2 Å². The first-order valence-corrected chi connectivity index (χ1v) is 11.6. The van der Waals surface area contributed by atoms with Gasteiger partial charge in [0.15, 0.2) is 0 Å². The van der Waals surface area contributed by atoms with Gasteiger partial charge in [0.1, 0.15) is 12.4 Å². The topological polar surface area (TPSA) is 46.6 Å². The van der Waals surface area contributed by atoms with E-state index in [-0.39, 0.29) is 0 Å². The van der Waals surface area contributed by atoms with Gasteiger partial charge in [-0.2, -0.15) is 0 Å². The van der Waals surface area contributed by atoms with Crippen molar-refractivity contribution in [3.8, 4) is 5.75 Å². The fourth-order valence-corrected chi connectivity index (χ4v) is 4.65. The lowest BCUT2D eigenvalue weighted by molar-refractivity contribution is 0.106. The molecule has 5 nitrogen and oxygen atoms in total. The second-order valence-corrected chi connectivity index (χ2v) is 8.69. The van der Waals surface area contributed by atoms with Crippen molar-refractivity contribution in [3.05, 3.63) is 89.2 Å². The van der Waals surface area contributed by atoms with Crippen LogP contribution in [0.25, 0.3) is 0 Å². The monoisotopic (exact) mass is 429 g/mol. The SMILES string of the molecule is c1ccc(COCc2cccc3c2CCN(c2cncc(OC[C@@H]4CCCN4)c2)C3)cc1. The summed E-state index contributed by atoms with van der Waals surface area (Å²) in [5, 5.41) is 3.48. The van der Waals surface area contributed by atoms with Crippen LogP contribution in [-0.2, 0) is 30.9 Å². The Morgan fingerprint density at radius 2 is 1.97 bits per heavy atom. The molecule has 0 unspecified atom stereocenters. The molecular formula is C27H31N3O2. The van der Waals surface area contributed by atoms with Gasteiger partial charge in [0.05, 0.1) is 31.3 Å². The maximum atomic E-state index is 6.02. The Balaban J connectivity index is 1.21. The van der Waals surface area contributed by atoms with Crippen molar-refractivity contribution in [3.63, 3.8) is 0 Å². The van der Waals surface area contributed by atoms with Gasteiger partial charge in [-0.1, -0.05) is 48.5 Å². The van der Waals surface area contributed by atoms with Crippen molar-refractivity contribution in [1.29, 1.82) is 0 Å². The second-order valence-electron chi connectivity index (χ2n) is 8.69. The number of ether oxygens (including phenoxy) is 2. The van der Waals surface area contributed by atoms with Crippen LogP contribution in [0.3, 0.4) is 0 Å². The largest absolute Gasteiger partial charge is 0.490 e. The van der Waals surface area contributed by atoms with Crippen LogP contribution in [0.2, 0.25) is 0 Å². The van der Waals surface area contributed by atoms with Crippen LogP contribution < -0.4 is 15.0 Å². The van der Waals surface area contributed by atoms with E-state index in [4.69, 9.17) is 9.47 Å². The molecule has 3 heterocycles. The first-order chi connectivity index (χ1) is 15.8. The fraction of sp³-hybridized carbons (Fsp3) is 0.370. The molecule has 1 aromatic heterocycles. The molecular weight excluding hydrogens is 398 g/mol. The molecule has 1 saturated heterocycles. The number of hydrogen-bond donors (Lipinski definition) is 1. The number of fused-ring (bicyclic) bond motifs is 1. The molecule has 0 amide bonds. The quantitative estimate of drug-likeness (QED) is 0.572. The van der Waals surface area contributed by atoms with Gasteiger partial charge >= 0.3 is 0 Å². The van der Waals surface area contributed by atoms with Gasteiger partial charge in [-0.25, -0.2) is 0 Å². The number of anilines is 1. The predicted molar refractivity (Wildman–Crippen MR) is 127 cm³/mol. The molecule has 2 aliphatic rings. The summed E-state index contributed by atoms with van der Waals surface area (Å²) >= 11 is 0. The number of benzene rings is 2. The molecule has 5 heteroatoms. The summed E-state index contributed by atoms with van der Waals surface area (Å²) in [7, 11) is 0. The van der Waals surface area contributed by atoms with Crippen molar-refractivity contribution in [2.24, 2.45) is 0 Å². The lowest BCUT2D eigenvalue weighted by atomic mass is 9.94. The van der Waals surface area contributed by atoms with Crippen molar-refractivity contribution >= 4 is 5.69 Å². The van der Waals surface area contributed by atoms with E-state index >= 15 is 0 Å². The molecule has 1 fully saturated rings. The van der Waals surface area contributed by atoms with Gasteiger partial charge in [0.25, 0.3) is 0 Å². The molecule has 166 valence electrons. The molecule has 5 rings (SSSR count). The van der Waals surface area contributed by atoms with Crippen LogP contribution >= 0.6 is 0 Å². The van der Waals surface area contributed by atoms with Gasteiger partial charge in [-0.15, -0.1) is 0 Å². The molecule has 0 radical (unpaired) electrons. The Morgan fingerprint density at radius 3 is 2.84 bits per heavy atom. The lowest BCUT2D eigenvalue weighted by Gasteiger charge is -2.32. The average molecular weight is 430 g/mol. The van der Waals surface area contributed by atoms with Crippen LogP contribution in [0.15, 0.2) is 67.0 Å². The normalized spacial score (nSPS) is 17.9. The number of aromatic nitrogens is 1. The maximum Gasteiger partial charge on any atom is 0.139 e. The van der Waals surface area contributed by atoms with E-state index in [1.54, 1.807) is 0 Å². The number of hydrogen-bond acceptors (Lipinski definition) is 5. The van der Waals surface area contributed by atoms with Crippen LogP contribution in [0.5, 0.6) is 5.75 Å². The van der Waals surface area contributed by atoms with Gasteiger partial charge in [0.2, 0.25) is 0 Å². The highest BCUT2D eigenvalue weighted by Crippen LogP contribution is 2.28. The number of pyridine rings is 1. The smallest absolute Gasteiger partial charge is 0.139 e. The third-order valence-corrected chi connectivity index (χ3v) is 6.41. The molecule has 3 aromatic rings. The van der Waals surface area contributed by atoms with E-state index in [0.717, 1.165) is 37.5 Å². The minimum absolute atomic E-state index is 0.461. The van der Waals surface area contributed by atoms with E-state index in [0.29, 0.717) is 25.9 Å². The summed E-state index contributed by atoms with van der Waals surface area (Å²) in [6.07, 6.45) is 7.19. The van der Waals surface area contributed by atoms with Gasteiger partial charge in [-0.05, 0) is 48.1 Å². The van der Waals surface area contributed by atoms with E-state index in [2.05, 4.69) is 63.7 Å². The number of nitrogens with one attached hydrogen (secondary N) is 1. The molecule has 0 saturated carbocycles. The number of nitrogens with zero attached hydrogens (tertiary/aromatic N) is 2. The van der Waals surface area contributed by atoms with Crippen molar-refractivity contribution in [2.75, 3.05) is 24.6 Å². The van der Waals surface area contributed by atoms with Crippen LogP contribution in [0, 0.1) is 0 Å². The van der Waals surface area contributed by atoms with Gasteiger partial charge < -0.3 is 19.7 Å². The summed E-state index contributed by atoms with van der Waals surface area (Å²) < 4.78 is 12.0. The molecule has 0 aliphatic carbocycles. The zero-order valence-corrected chi connectivity index (χ0v) is 18.5. The summed E-state index contributed by atoms with van der Waals surface area (Å²) in [6.45, 7) is 4.96. The van der Waals surface area contributed by atoms with E-state index in [1.165, 1.54) is 35.1 Å². The first kappa shape index (κ1) is 21.0. The summed E-state index contributed by atoms with van der Waals surface area (Å²) in [5.41, 5.74) is 6.44. The molecule has 32 heavy (non-hydrogen) atoms. The third kappa shape index (κ3) is 5.12. The molecule has 1 N–H and O–H groups in total. The summed E-state index contributed by atoms with van der Waals surface area (Å²) in [6, 6.07) is 19.5. The van der Waals surface area contributed by atoms with Gasteiger partial charge in [-0.3, -0.25) is 4.98 Å². The van der Waals surface area contributed by atoms with E-state index in [1.807, 2.05) is 18.5 Å². The maximum absolute atomic E-state index is 6.02. The Labute approximate surface area is 190 Å². The zero-order chi connectivity index (χ0) is 21.6. The Morgan fingerprint density at radius 1 is 1.03 bits per heavy atom.